The summed E-state index contributed by atoms with van der Waals surface area (Å²) in [4.78, 5) is 47.1. The van der Waals surface area contributed by atoms with Crippen molar-refractivity contribution in [2.45, 2.75) is 86.3 Å². The van der Waals surface area contributed by atoms with E-state index in [0.29, 0.717) is 5.56 Å². The molecule has 4 aliphatic heterocycles. The highest BCUT2D eigenvalue weighted by Gasteiger charge is 2.53. The van der Waals surface area contributed by atoms with Gasteiger partial charge in [0.15, 0.2) is 36.0 Å². The number of aliphatic hydroxyl groups is 6. The number of carboxylic acids is 4. The molecule has 280 valence electrons. The van der Waals surface area contributed by atoms with E-state index in [-0.39, 0.29) is 41.3 Å². The molecular formula is C30H36N2O19. The van der Waals surface area contributed by atoms with Gasteiger partial charge in [0.25, 0.3) is 0 Å². The number of quaternary nitrogens is 1. The summed E-state index contributed by atoms with van der Waals surface area (Å²) in [6.07, 6.45) is -17.0. The molecule has 2 fully saturated rings. The van der Waals surface area contributed by atoms with Crippen LogP contribution in [0, 0.1) is 0 Å². The van der Waals surface area contributed by atoms with Crippen LogP contribution >= 0.6 is 0 Å². The highest BCUT2D eigenvalue weighted by molar-refractivity contribution is 5.88. The third-order valence-corrected chi connectivity index (χ3v) is 9.04. The Morgan fingerprint density at radius 1 is 0.922 bits per heavy atom. The Hall–Kier alpha value is -4.42. The zero-order valence-electron chi connectivity index (χ0n) is 26.2. The summed E-state index contributed by atoms with van der Waals surface area (Å²) in [6.45, 7) is -0.944. The Labute approximate surface area is 286 Å². The van der Waals surface area contributed by atoms with Crippen molar-refractivity contribution in [3.8, 4) is 11.5 Å². The van der Waals surface area contributed by atoms with Gasteiger partial charge >= 0.3 is 17.9 Å². The molecule has 0 spiro atoms. The fourth-order valence-electron chi connectivity index (χ4n) is 6.34. The highest BCUT2D eigenvalue weighted by atomic mass is 16.8. The monoisotopic (exact) mass is 728 g/mol. The Kier molecular flexibility index (Phi) is 11.2. The van der Waals surface area contributed by atoms with Crippen LogP contribution in [-0.4, -0.2) is 162 Å². The second kappa shape index (κ2) is 15.1. The molecule has 0 saturated carbocycles. The summed E-state index contributed by atoms with van der Waals surface area (Å²) in [7, 11) is 0. The minimum atomic E-state index is -2.09. The van der Waals surface area contributed by atoms with Crippen molar-refractivity contribution in [3.63, 3.8) is 0 Å². The van der Waals surface area contributed by atoms with Crippen LogP contribution in [0.5, 0.6) is 11.5 Å². The van der Waals surface area contributed by atoms with Crippen LogP contribution in [0.3, 0.4) is 0 Å². The number of rotatable bonds is 11. The number of aliphatic carboxylic acids is 4. The normalized spacial score (nSPS) is 37.2. The summed E-state index contributed by atoms with van der Waals surface area (Å²) < 4.78 is 22.0. The van der Waals surface area contributed by atoms with Gasteiger partial charge in [0.1, 0.15) is 54.6 Å². The minimum absolute atomic E-state index is 0.0897. The van der Waals surface area contributed by atoms with E-state index in [1.54, 1.807) is 0 Å². The summed E-state index contributed by atoms with van der Waals surface area (Å²) in [5.41, 5.74) is 0.492. The van der Waals surface area contributed by atoms with Gasteiger partial charge in [0.05, 0.1) is 18.6 Å². The number of carbonyl (C=O) groups excluding carboxylic acids is 1. The van der Waals surface area contributed by atoms with Crippen LogP contribution in [0.4, 0.5) is 5.69 Å². The number of fused-ring (bicyclic) bond motifs is 1. The number of nitrogens with one attached hydrogen (secondary N) is 2. The largest absolute Gasteiger partial charge is 0.548 e. The van der Waals surface area contributed by atoms with Gasteiger partial charge in [-0.2, -0.15) is 0 Å². The van der Waals surface area contributed by atoms with E-state index >= 15 is 0 Å². The van der Waals surface area contributed by atoms with E-state index in [0.717, 1.165) is 0 Å². The number of hydrogen-bond acceptors (Lipinski definition) is 17. The standard InChI is InChI=1S/C30H36N2O19/c33-8-17-18(35)20(37)24(51-29-22(39)19(36)21(38)23(50-29)28(46)47)30(49-17)48-16-6-10-5-14(27(44)45)32(13(10)7-15(16)34)2-1-9-3-11(25(40)41)31-12(4-9)26(42)43/h1,3,6-7,12,14,17-24,29-31,33-39H,2,4-5,8H2,(H,40,41)(H,42,43)(H,44,45)(H,46,47)/t12-,14-,17+,18+,19-,20-,21-,22+,23-,24+,29?,30?/m0/s1. The fraction of sp³-hybridized carbons (Fsp3) is 0.533. The zero-order chi connectivity index (χ0) is 37.5. The number of ether oxygens (including phenoxy) is 4. The zero-order valence-corrected chi connectivity index (χ0v) is 26.2. The number of carbonyl (C=O) groups is 4. The number of benzene rings is 1. The second-order valence-electron chi connectivity index (χ2n) is 12.3. The Morgan fingerprint density at radius 2 is 1.63 bits per heavy atom. The van der Waals surface area contributed by atoms with Gasteiger partial charge in [-0.05, 0) is 30.2 Å². The lowest BCUT2D eigenvalue weighted by atomic mass is 9.97. The molecule has 2 saturated heterocycles. The lowest BCUT2D eigenvalue weighted by Crippen LogP contribution is -3.11. The maximum Gasteiger partial charge on any atom is 0.363 e. The molecule has 1 aromatic rings. The van der Waals surface area contributed by atoms with Gasteiger partial charge in [-0.3, -0.25) is 4.90 Å². The number of carboxylic acid groups (broad SMARTS) is 4. The lowest BCUT2D eigenvalue weighted by molar-refractivity contribution is -0.838. The maximum atomic E-state index is 12.3. The average molecular weight is 729 g/mol. The number of aromatic hydroxyl groups is 1. The second-order valence-corrected chi connectivity index (χ2v) is 12.3. The Bertz CT molecular complexity index is 1600. The Morgan fingerprint density at radius 3 is 2.24 bits per heavy atom. The van der Waals surface area contributed by atoms with Crippen molar-refractivity contribution in [2.75, 3.05) is 13.2 Å². The first kappa shape index (κ1) is 37.8. The van der Waals surface area contributed by atoms with Gasteiger partial charge in [-0.25, -0.2) is 14.4 Å². The molecule has 0 bridgehead atoms. The third kappa shape index (κ3) is 7.62. The van der Waals surface area contributed by atoms with Crippen LogP contribution in [0.2, 0.25) is 0 Å². The first-order valence-electron chi connectivity index (χ1n) is 15.5. The minimum Gasteiger partial charge on any atom is -0.548 e. The van der Waals surface area contributed by atoms with Gasteiger partial charge in [0, 0.05) is 18.1 Å². The molecule has 51 heavy (non-hydrogen) atoms. The summed E-state index contributed by atoms with van der Waals surface area (Å²) in [6, 6.07) is -0.0728. The number of allylic oxidation sites excluding steroid dienone is 1. The van der Waals surface area contributed by atoms with E-state index in [2.05, 4.69) is 5.32 Å². The smallest absolute Gasteiger partial charge is 0.363 e. The van der Waals surface area contributed by atoms with Crippen LogP contribution in [0.1, 0.15) is 12.0 Å². The molecule has 21 heteroatoms. The van der Waals surface area contributed by atoms with E-state index in [9.17, 15) is 75.3 Å². The van der Waals surface area contributed by atoms with Gasteiger partial charge in [-0.15, -0.1) is 0 Å². The quantitative estimate of drug-likeness (QED) is 0.101. The molecular weight excluding hydrogens is 692 g/mol. The van der Waals surface area contributed by atoms with Crippen molar-refractivity contribution in [1.29, 1.82) is 0 Å². The van der Waals surface area contributed by atoms with Crippen LogP contribution in [-0.2, 0) is 39.8 Å². The lowest BCUT2D eigenvalue weighted by Gasteiger charge is -2.45. The molecule has 1 aromatic carbocycles. The molecule has 0 radical (unpaired) electrons. The predicted octanol–water partition coefficient (Wildman–Crippen LogP) is -6.98. The average Bonchev–Trinajstić information content (AvgIpc) is 3.43. The first-order valence-corrected chi connectivity index (χ1v) is 15.5. The van der Waals surface area contributed by atoms with E-state index in [1.165, 1.54) is 24.3 Å². The van der Waals surface area contributed by atoms with E-state index in [4.69, 9.17) is 18.9 Å². The van der Waals surface area contributed by atoms with Gasteiger partial charge in [0.2, 0.25) is 6.29 Å². The van der Waals surface area contributed by atoms with E-state index in [1.807, 2.05) is 0 Å². The molecule has 5 rings (SSSR count). The number of phenolic OH excluding ortho intramolecular Hbond substituents is 1. The molecule has 3 unspecified atom stereocenters. The maximum absolute atomic E-state index is 12.3. The van der Waals surface area contributed by atoms with Gasteiger partial charge in [-0.1, -0.05) is 0 Å². The van der Waals surface area contributed by atoms with Crippen LogP contribution in [0.25, 0.3) is 0 Å². The number of aliphatic hydroxyl groups excluding tert-OH is 6. The van der Waals surface area contributed by atoms with Gasteiger partial charge < -0.3 is 85.2 Å². The molecule has 13 atom stereocenters. The predicted molar refractivity (Wildman–Crippen MR) is 157 cm³/mol. The van der Waals surface area contributed by atoms with Crippen LogP contribution < -0.4 is 20.1 Å². The van der Waals surface area contributed by atoms with E-state index < -0.39 is 115 Å². The van der Waals surface area contributed by atoms with Crippen molar-refractivity contribution in [2.24, 2.45) is 0 Å². The summed E-state index contributed by atoms with van der Waals surface area (Å²) in [5, 5.41) is 115. The SMILES string of the molecule is O=C(O)C1=CC(=CC[NH+]2c3cc(O)c(OC4O[C@H](CO)[C@@H](O)[C@H](O)[C@H]4OC4O[C@H](C(=O)O)[C@@H](O)[C@H](O)[C@H]4O)cc3C[C@H]2C(=O)O)C[C@@H](C(=O)[O-])N1. The Balaban J connectivity index is 1.42. The third-order valence-electron chi connectivity index (χ3n) is 9.04. The topological polar surface area (TPSA) is 347 Å². The molecule has 4 aliphatic rings. The molecule has 21 nitrogen and oxygen atoms in total. The van der Waals surface area contributed by atoms with Crippen molar-refractivity contribution >= 4 is 29.6 Å². The molecule has 4 heterocycles. The van der Waals surface area contributed by atoms with Crippen LogP contribution in [0.15, 0.2) is 35.6 Å². The molecule has 0 aromatic heterocycles. The number of hydrogen-bond donors (Lipinski definition) is 12. The highest BCUT2D eigenvalue weighted by Crippen LogP contribution is 2.37. The summed E-state index contributed by atoms with van der Waals surface area (Å²) >= 11 is 0. The fourth-order valence-corrected chi connectivity index (χ4v) is 6.34. The van der Waals surface area contributed by atoms with Crippen molar-refractivity contribution < 1.29 is 99.2 Å². The molecule has 0 aliphatic carbocycles. The number of phenols is 1. The first-order chi connectivity index (χ1) is 24.0. The van der Waals surface area contributed by atoms with Crippen molar-refractivity contribution in [3.05, 3.63) is 41.1 Å². The van der Waals surface area contributed by atoms with Crippen molar-refractivity contribution in [1.82, 2.24) is 5.32 Å². The molecule has 0 amide bonds. The molecule has 12 N–H and O–H groups in total. The summed E-state index contributed by atoms with van der Waals surface area (Å²) in [5.74, 6) is -6.91.